The van der Waals surface area contributed by atoms with Gasteiger partial charge in [0, 0.05) is 28.0 Å². The highest BCUT2D eigenvalue weighted by atomic mass is 16.1. The summed E-state index contributed by atoms with van der Waals surface area (Å²) in [5.74, 6) is -2.07. The minimum Gasteiger partial charge on any atom is -0.295 e. The number of rotatable bonds is 4. The molecule has 1 aromatic rings. The Balaban J connectivity index is 2.84. The molecule has 1 heterocycles. The molecular formula is C18H15NO4. The zero-order chi connectivity index (χ0) is 17.5. The van der Waals surface area contributed by atoms with E-state index in [2.05, 4.69) is 18.1 Å². The van der Waals surface area contributed by atoms with Crippen LogP contribution < -0.4 is 0 Å². The van der Waals surface area contributed by atoms with Crippen LogP contribution in [0.3, 0.4) is 0 Å². The molecule has 23 heavy (non-hydrogen) atoms. The van der Waals surface area contributed by atoms with Crippen LogP contribution in [0.25, 0.3) is 0 Å². The molecule has 116 valence electrons. The lowest BCUT2D eigenvalue weighted by Gasteiger charge is -2.21. The summed E-state index contributed by atoms with van der Waals surface area (Å²) in [4.78, 5) is 53.0. The number of aromatic nitrogens is 1. The normalized spacial score (nSPS) is 13.7. The van der Waals surface area contributed by atoms with E-state index in [0.29, 0.717) is 5.69 Å². The Morgan fingerprint density at radius 1 is 0.913 bits per heavy atom. The van der Waals surface area contributed by atoms with Crippen molar-refractivity contribution in [3.63, 3.8) is 0 Å². The minimum absolute atomic E-state index is 0.0347. The molecule has 2 rings (SSSR count). The highest BCUT2D eigenvalue weighted by molar-refractivity contribution is 6.33. The summed E-state index contributed by atoms with van der Waals surface area (Å²) in [6.45, 7) is 11.3. The lowest BCUT2D eigenvalue weighted by Crippen LogP contribution is -2.27. The quantitative estimate of drug-likeness (QED) is 0.797. The molecule has 0 unspecified atom stereocenters. The van der Waals surface area contributed by atoms with Crippen LogP contribution in [-0.2, 0) is 9.59 Å². The highest BCUT2D eigenvalue weighted by Crippen LogP contribution is 2.33. The first-order valence-corrected chi connectivity index (χ1v) is 6.88. The summed E-state index contributed by atoms with van der Waals surface area (Å²) >= 11 is 0. The summed E-state index contributed by atoms with van der Waals surface area (Å²) in [6, 6.07) is 3.08. The second-order valence-corrected chi connectivity index (χ2v) is 5.33. The van der Waals surface area contributed by atoms with Crippen LogP contribution in [0.2, 0.25) is 0 Å². The fourth-order valence-electron chi connectivity index (χ4n) is 2.32. The molecule has 0 spiro atoms. The highest BCUT2D eigenvalue weighted by Gasteiger charge is 2.37. The predicted octanol–water partition coefficient (Wildman–Crippen LogP) is 2.36. The number of allylic oxidation sites excluding steroid dienone is 4. The molecule has 0 atom stereocenters. The summed E-state index contributed by atoms with van der Waals surface area (Å²) in [6.07, 6.45) is 0. The molecule has 0 saturated heterocycles. The van der Waals surface area contributed by atoms with Gasteiger partial charge in [-0.05, 0) is 32.9 Å². The van der Waals surface area contributed by atoms with Crippen molar-refractivity contribution in [3.05, 3.63) is 64.5 Å². The van der Waals surface area contributed by atoms with E-state index in [4.69, 9.17) is 0 Å². The van der Waals surface area contributed by atoms with E-state index in [1.54, 1.807) is 13.0 Å². The third kappa shape index (κ3) is 2.61. The van der Waals surface area contributed by atoms with Gasteiger partial charge in [-0.15, -0.1) is 0 Å². The molecule has 0 fully saturated rings. The van der Waals surface area contributed by atoms with Crippen molar-refractivity contribution in [1.29, 1.82) is 0 Å². The van der Waals surface area contributed by atoms with E-state index in [-0.39, 0.29) is 33.5 Å². The van der Waals surface area contributed by atoms with Gasteiger partial charge in [0.15, 0.2) is 17.3 Å². The number of carbonyl (C=O) groups is 4. The van der Waals surface area contributed by atoms with E-state index in [0.717, 1.165) is 0 Å². The monoisotopic (exact) mass is 309 g/mol. The summed E-state index contributed by atoms with van der Waals surface area (Å²) < 4.78 is 0. The number of pyridine rings is 1. The Morgan fingerprint density at radius 2 is 1.39 bits per heavy atom. The maximum Gasteiger partial charge on any atom is 0.213 e. The van der Waals surface area contributed by atoms with Gasteiger partial charge in [0.25, 0.3) is 0 Å². The van der Waals surface area contributed by atoms with E-state index in [1.165, 1.54) is 19.9 Å². The van der Waals surface area contributed by atoms with Gasteiger partial charge in [-0.2, -0.15) is 0 Å². The van der Waals surface area contributed by atoms with Gasteiger partial charge >= 0.3 is 0 Å². The number of fused-ring (bicyclic) bond motifs is 1. The second-order valence-electron chi connectivity index (χ2n) is 5.33. The first kappa shape index (κ1) is 16.4. The smallest absolute Gasteiger partial charge is 0.213 e. The van der Waals surface area contributed by atoms with Gasteiger partial charge in [0.05, 0.1) is 5.56 Å². The molecule has 0 aromatic carbocycles. The molecule has 0 radical (unpaired) electrons. The van der Waals surface area contributed by atoms with Crippen LogP contribution >= 0.6 is 0 Å². The molecule has 0 saturated carbocycles. The number of hydrogen-bond donors (Lipinski definition) is 0. The lowest BCUT2D eigenvalue weighted by molar-refractivity contribution is -0.114. The van der Waals surface area contributed by atoms with Gasteiger partial charge in [-0.1, -0.05) is 13.2 Å². The van der Waals surface area contributed by atoms with Crippen molar-refractivity contribution in [2.24, 2.45) is 0 Å². The molecule has 0 bridgehead atoms. The number of hydrogen-bond acceptors (Lipinski definition) is 5. The third-order valence-electron chi connectivity index (χ3n) is 3.65. The standard InChI is InChI=1S/C18H15NO4/c1-8-6-7-13-16(19-8)18(23)15(10(3)12(5)21)14(17(13)22)9(2)11(4)20/h6-7H,2-3H2,1,4-5H3. The van der Waals surface area contributed by atoms with Gasteiger partial charge in [-0.3, -0.25) is 19.2 Å². The fraction of sp³-hybridized carbons (Fsp3) is 0.167. The van der Waals surface area contributed by atoms with Gasteiger partial charge in [-0.25, -0.2) is 4.98 Å². The maximum absolute atomic E-state index is 12.8. The zero-order valence-corrected chi connectivity index (χ0v) is 13.1. The van der Waals surface area contributed by atoms with Crippen molar-refractivity contribution < 1.29 is 19.2 Å². The Kier molecular flexibility index (Phi) is 4.06. The van der Waals surface area contributed by atoms with Crippen molar-refractivity contribution in [1.82, 2.24) is 4.98 Å². The van der Waals surface area contributed by atoms with E-state index in [9.17, 15) is 19.2 Å². The molecule has 0 amide bonds. The number of aryl methyl sites for hydroxylation is 1. The van der Waals surface area contributed by atoms with Crippen molar-refractivity contribution in [3.8, 4) is 0 Å². The minimum atomic E-state index is -0.596. The lowest BCUT2D eigenvalue weighted by atomic mass is 9.79. The molecule has 5 nitrogen and oxygen atoms in total. The summed E-state index contributed by atoms with van der Waals surface area (Å²) in [5.41, 5.74) is 0.0213. The third-order valence-corrected chi connectivity index (χ3v) is 3.65. The predicted molar refractivity (Wildman–Crippen MR) is 84.3 cm³/mol. The van der Waals surface area contributed by atoms with Crippen molar-refractivity contribution >= 4 is 23.1 Å². The molecular weight excluding hydrogens is 294 g/mol. The number of carbonyl (C=O) groups excluding carboxylic acids is 4. The van der Waals surface area contributed by atoms with E-state index >= 15 is 0 Å². The molecule has 5 heteroatoms. The molecule has 0 aliphatic heterocycles. The second kappa shape index (κ2) is 5.68. The molecule has 1 aliphatic rings. The van der Waals surface area contributed by atoms with Crippen LogP contribution in [0, 0.1) is 6.92 Å². The first-order chi connectivity index (χ1) is 10.7. The van der Waals surface area contributed by atoms with Crippen LogP contribution in [0.5, 0.6) is 0 Å². The zero-order valence-electron chi connectivity index (χ0n) is 13.1. The first-order valence-electron chi connectivity index (χ1n) is 6.88. The Bertz CT molecular complexity index is 856. The number of Topliss-reactive ketones (excluding diaryl/α,β-unsaturated/α-hetero) is 4. The molecule has 1 aromatic heterocycles. The summed E-state index contributed by atoms with van der Waals surface area (Å²) in [7, 11) is 0. The Hall–Kier alpha value is -2.95. The average Bonchev–Trinajstić information content (AvgIpc) is 2.48. The van der Waals surface area contributed by atoms with Crippen LogP contribution in [0.15, 0.2) is 47.6 Å². The van der Waals surface area contributed by atoms with Crippen molar-refractivity contribution in [2.75, 3.05) is 0 Å². The van der Waals surface area contributed by atoms with Crippen LogP contribution in [0.4, 0.5) is 0 Å². The largest absolute Gasteiger partial charge is 0.295 e. The molecule has 0 N–H and O–H groups in total. The maximum atomic E-state index is 12.8. The van der Waals surface area contributed by atoms with E-state index in [1.807, 2.05) is 0 Å². The van der Waals surface area contributed by atoms with Crippen LogP contribution in [0.1, 0.15) is 40.4 Å². The molecule has 1 aliphatic carbocycles. The Morgan fingerprint density at radius 3 is 1.87 bits per heavy atom. The topological polar surface area (TPSA) is 81.2 Å². The van der Waals surface area contributed by atoms with E-state index < -0.39 is 23.1 Å². The SMILES string of the molecule is C=C(C(C)=O)C1=C(C(=C)C(C)=O)C(=O)c2nc(C)ccc2C1=O. The summed E-state index contributed by atoms with van der Waals surface area (Å²) in [5, 5.41) is 0. The fourth-order valence-corrected chi connectivity index (χ4v) is 2.32. The van der Waals surface area contributed by atoms with Gasteiger partial charge < -0.3 is 0 Å². The number of nitrogens with zero attached hydrogens (tertiary/aromatic N) is 1. The van der Waals surface area contributed by atoms with Gasteiger partial charge in [0.1, 0.15) is 5.69 Å². The average molecular weight is 309 g/mol. The van der Waals surface area contributed by atoms with Crippen molar-refractivity contribution in [2.45, 2.75) is 20.8 Å². The van der Waals surface area contributed by atoms with Gasteiger partial charge in [0.2, 0.25) is 5.78 Å². The number of ketones is 4. The Labute approximate surface area is 133 Å². The van der Waals surface area contributed by atoms with Crippen LogP contribution in [-0.4, -0.2) is 28.1 Å².